The highest BCUT2D eigenvalue weighted by Gasteiger charge is 2.46. The Bertz CT molecular complexity index is 898. The highest BCUT2D eigenvalue weighted by Crippen LogP contribution is 2.34. The fourth-order valence-electron chi connectivity index (χ4n) is 4.50. The number of anilines is 1. The van der Waals surface area contributed by atoms with Crippen LogP contribution >= 0.6 is 0 Å². The number of benzene rings is 2. The van der Waals surface area contributed by atoms with Crippen molar-refractivity contribution in [3.05, 3.63) is 65.5 Å². The van der Waals surface area contributed by atoms with E-state index in [9.17, 15) is 22.4 Å². The summed E-state index contributed by atoms with van der Waals surface area (Å²) in [5.74, 6) is -0.249. The molecule has 2 bridgehead atoms. The molecule has 0 spiro atoms. The van der Waals surface area contributed by atoms with Crippen molar-refractivity contribution < 1.29 is 22.4 Å². The Balaban J connectivity index is 1.32. The minimum Gasteiger partial charge on any atom is -0.319 e. The van der Waals surface area contributed by atoms with Crippen molar-refractivity contribution >= 4 is 11.7 Å². The maximum atomic E-state index is 13.1. The zero-order valence-electron chi connectivity index (χ0n) is 16.5. The van der Waals surface area contributed by atoms with Gasteiger partial charge in [-0.05, 0) is 61.7 Å². The number of likely N-dealkylation sites (tertiary alicyclic amines) is 2. The lowest BCUT2D eigenvalue weighted by Gasteiger charge is -2.37. The van der Waals surface area contributed by atoms with Crippen LogP contribution in [0, 0.1) is 5.82 Å². The summed E-state index contributed by atoms with van der Waals surface area (Å²) in [4.78, 5) is 16.8. The molecule has 0 aromatic heterocycles. The molecule has 2 aliphatic rings. The molecule has 3 unspecified atom stereocenters. The molecule has 2 fully saturated rings. The number of urea groups is 1. The van der Waals surface area contributed by atoms with Crippen LogP contribution in [0.4, 0.5) is 28.0 Å². The Hall–Kier alpha value is -2.61. The molecule has 2 amide bonds. The summed E-state index contributed by atoms with van der Waals surface area (Å²) in [7, 11) is 0. The van der Waals surface area contributed by atoms with Gasteiger partial charge in [-0.1, -0.05) is 12.1 Å². The van der Waals surface area contributed by atoms with Gasteiger partial charge in [0.15, 0.2) is 0 Å². The smallest absolute Gasteiger partial charge is 0.319 e. The van der Waals surface area contributed by atoms with E-state index < -0.39 is 11.7 Å². The van der Waals surface area contributed by atoms with Gasteiger partial charge in [0.25, 0.3) is 0 Å². The van der Waals surface area contributed by atoms with Crippen LogP contribution in [-0.4, -0.2) is 47.0 Å². The first-order valence-electron chi connectivity index (χ1n) is 9.96. The number of fused-ring (bicyclic) bond motifs is 2. The number of hydrogen-bond donors (Lipinski definition) is 1. The van der Waals surface area contributed by atoms with Crippen molar-refractivity contribution in [2.45, 2.75) is 44.1 Å². The third-order valence-electron chi connectivity index (χ3n) is 6.02. The molecule has 2 aromatic carbocycles. The molecule has 0 radical (unpaired) electrons. The topological polar surface area (TPSA) is 35.6 Å². The molecule has 0 saturated carbocycles. The zero-order valence-corrected chi connectivity index (χ0v) is 16.5. The minimum absolute atomic E-state index is 0.0834. The van der Waals surface area contributed by atoms with Crippen LogP contribution in [0.25, 0.3) is 0 Å². The van der Waals surface area contributed by atoms with Gasteiger partial charge in [-0.15, -0.1) is 0 Å². The van der Waals surface area contributed by atoms with Crippen molar-refractivity contribution in [1.82, 2.24) is 9.80 Å². The van der Waals surface area contributed by atoms with Gasteiger partial charge >= 0.3 is 12.2 Å². The second-order valence-corrected chi connectivity index (χ2v) is 8.08. The lowest BCUT2D eigenvalue weighted by atomic mass is 10.0. The number of piperazine rings is 1. The van der Waals surface area contributed by atoms with E-state index >= 15 is 0 Å². The fraction of sp³-hybridized carbons (Fsp3) is 0.409. The van der Waals surface area contributed by atoms with E-state index in [1.807, 2.05) is 0 Å². The molecule has 160 valence electrons. The Morgan fingerprint density at radius 1 is 1.07 bits per heavy atom. The van der Waals surface area contributed by atoms with Gasteiger partial charge in [-0.3, -0.25) is 4.90 Å². The lowest BCUT2D eigenvalue weighted by molar-refractivity contribution is -0.137. The molecule has 4 rings (SSSR count). The third-order valence-corrected chi connectivity index (χ3v) is 6.02. The number of alkyl halides is 3. The van der Waals surface area contributed by atoms with Crippen molar-refractivity contribution in [3.63, 3.8) is 0 Å². The third kappa shape index (κ3) is 4.28. The molecule has 2 heterocycles. The number of nitrogens with zero attached hydrogens (tertiary/aromatic N) is 2. The summed E-state index contributed by atoms with van der Waals surface area (Å²) in [5.41, 5.74) is 0.674. The first-order valence-corrected chi connectivity index (χ1v) is 9.96. The molecule has 8 heteroatoms. The molecule has 2 aliphatic heterocycles. The second kappa shape index (κ2) is 7.91. The summed E-state index contributed by atoms with van der Waals surface area (Å²) in [6.45, 7) is 3.48. The van der Waals surface area contributed by atoms with Gasteiger partial charge in [0.2, 0.25) is 0 Å². The molecule has 1 N–H and O–H groups in total. The van der Waals surface area contributed by atoms with Gasteiger partial charge in [0.1, 0.15) is 5.82 Å². The van der Waals surface area contributed by atoms with Gasteiger partial charge in [0.05, 0.1) is 5.56 Å². The van der Waals surface area contributed by atoms with E-state index in [1.54, 1.807) is 17.0 Å². The predicted octanol–water partition coefficient (Wildman–Crippen LogP) is 4.77. The number of hydrogen-bond acceptors (Lipinski definition) is 2. The lowest BCUT2D eigenvalue weighted by Crippen LogP contribution is -2.52. The number of halogens is 4. The number of rotatable bonds is 4. The van der Waals surface area contributed by atoms with E-state index in [4.69, 9.17) is 0 Å². The molecular formula is C22H23F4N3O. The highest BCUT2D eigenvalue weighted by molar-refractivity contribution is 5.90. The SMILES string of the molecule is CC(Cc1ccc(F)cc1)N1CC2CC1CN2C(=O)Nc1ccc(C(F)(F)F)cc1. The van der Waals surface area contributed by atoms with Crippen LogP contribution in [0.5, 0.6) is 0 Å². The quantitative estimate of drug-likeness (QED) is 0.723. The van der Waals surface area contributed by atoms with E-state index in [1.165, 1.54) is 24.3 Å². The van der Waals surface area contributed by atoms with Gasteiger partial charge in [-0.25, -0.2) is 9.18 Å². The summed E-state index contributed by atoms with van der Waals surface area (Å²) < 4.78 is 51.1. The summed E-state index contributed by atoms with van der Waals surface area (Å²) in [6, 6.07) is 11.3. The molecule has 0 aliphatic carbocycles. The van der Waals surface area contributed by atoms with Crippen LogP contribution in [0.15, 0.2) is 48.5 Å². The van der Waals surface area contributed by atoms with E-state index in [2.05, 4.69) is 17.1 Å². The van der Waals surface area contributed by atoms with E-state index in [-0.39, 0.29) is 30.0 Å². The average Bonchev–Trinajstić information content (AvgIpc) is 3.30. The van der Waals surface area contributed by atoms with Crippen molar-refractivity contribution in [2.24, 2.45) is 0 Å². The number of amides is 2. The van der Waals surface area contributed by atoms with Crippen LogP contribution < -0.4 is 5.32 Å². The van der Waals surface area contributed by atoms with Crippen molar-refractivity contribution in [3.8, 4) is 0 Å². The molecular weight excluding hydrogens is 398 g/mol. The fourth-order valence-corrected chi connectivity index (χ4v) is 4.50. The highest BCUT2D eigenvalue weighted by atomic mass is 19.4. The Morgan fingerprint density at radius 3 is 2.30 bits per heavy atom. The minimum atomic E-state index is -4.40. The number of carbonyl (C=O) groups excluding carboxylic acids is 1. The molecule has 2 aromatic rings. The first kappa shape index (κ1) is 20.7. The largest absolute Gasteiger partial charge is 0.416 e. The van der Waals surface area contributed by atoms with Crippen molar-refractivity contribution in [1.29, 1.82) is 0 Å². The predicted molar refractivity (Wildman–Crippen MR) is 106 cm³/mol. The Morgan fingerprint density at radius 2 is 1.73 bits per heavy atom. The summed E-state index contributed by atoms with van der Waals surface area (Å²) in [6.07, 6.45) is -2.71. The maximum absolute atomic E-state index is 13.1. The van der Waals surface area contributed by atoms with Gasteiger partial charge in [-0.2, -0.15) is 13.2 Å². The number of nitrogens with one attached hydrogen (secondary N) is 1. The van der Waals surface area contributed by atoms with Crippen molar-refractivity contribution in [2.75, 3.05) is 18.4 Å². The van der Waals surface area contributed by atoms with Crippen LogP contribution in [0.1, 0.15) is 24.5 Å². The molecule has 2 saturated heterocycles. The molecule has 4 nitrogen and oxygen atoms in total. The summed E-state index contributed by atoms with van der Waals surface area (Å²) >= 11 is 0. The molecule has 30 heavy (non-hydrogen) atoms. The maximum Gasteiger partial charge on any atom is 0.416 e. The average molecular weight is 421 g/mol. The van der Waals surface area contributed by atoms with E-state index in [0.29, 0.717) is 12.2 Å². The second-order valence-electron chi connectivity index (χ2n) is 8.08. The van der Waals surface area contributed by atoms with E-state index in [0.717, 1.165) is 37.1 Å². The van der Waals surface area contributed by atoms with Crippen LogP contribution in [-0.2, 0) is 12.6 Å². The van der Waals surface area contributed by atoms with Crippen LogP contribution in [0.2, 0.25) is 0 Å². The first-order chi connectivity index (χ1) is 14.2. The Labute approximate surface area is 172 Å². The monoisotopic (exact) mass is 421 g/mol. The van der Waals surface area contributed by atoms with Crippen LogP contribution in [0.3, 0.4) is 0 Å². The summed E-state index contributed by atoms with van der Waals surface area (Å²) in [5, 5.41) is 2.70. The molecule has 3 atom stereocenters. The Kier molecular flexibility index (Phi) is 5.44. The number of carbonyl (C=O) groups is 1. The standard InChI is InChI=1S/C22H23F4N3O/c1-14(10-15-2-6-17(23)7-3-15)28-12-20-11-19(28)13-29(20)21(30)27-18-8-4-16(5-9-18)22(24,25)26/h2-9,14,19-20H,10-13H2,1H3,(H,27,30). The normalized spacial score (nSPS) is 22.4. The van der Waals surface area contributed by atoms with Gasteiger partial charge in [0, 0.05) is 36.9 Å². The zero-order chi connectivity index (χ0) is 21.5. The van der Waals surface area contributed by atoms with Gasteiger partial charge < -0.3 is 10.2 Å².